The minimum absolute atomic E-state index is 0.228. The summed E-state index contributed by atoms with van der Waals surface area (Å²) in [6, 6.07) is 8.43. The highest BCUT2D eigenvalue weighted by Gasteiger charge is 2.17. The summed E-state index contributed by atoms with van der Waals surface area (Å²) >= 11 is 0. The quantitative estimate of drug-likeness (QED) is 0.508. The number of fused-ring (bicyclic) bond motifs is 1. The first kappa shape index (κ1) is 14.8. The van der Waals surface area contributed by atoms with E-state index in [4.69, 9.17) is 0 Å². The van der Waals surface area contributed by atoms with Gasteiger partial charge in [-0.3, -0.25) is 10.1 Å². The van der Waals surface area contributed by atoms with Crippen molar-refractivity contribution >= 4 is 22.4 Å². The molecule has 118 valence electrons. The molecule has 0 bridgehead atoms. The van der Waals surface area contributed by atoms with Crippen molar-refractivity contribution in [2.45, 2.75) is 13.0 Å². The lowest BCUT2D eigenvalue weighted by Gasteiger charge is -2.16. The zero-order valence-electron chi connectivity index (χ0n) is 12.1. The number of anilines is 1. The Morgan fingerprint density at radius 1 is 1.17 bits per heavy atom. The van der Waals surface area contributed by atoms with Crippen LogP contribution >= 0.6 is 0 Å². The van der Waals surface area contributed by atoms with E-state index < -0.39 is 10.7 Å². The second-order valence-corrected chi connectivity index (χ2v) is 5.17. The standard InChI is InChI=1S/C15H13FN4O3/c1-8(9-2-4-11-13(6-9)19-15(21)18-11)17-12-5-3-10(16)7-14(12)20(22)23/h2-8,17H,1H3,(H2,18,19,21). The van der Waals surface area contributed by atoms with Crippen LogP contribution in [-0.2, 0) is 0 Å². The maximum atomic E-state index is 13.2. The van der Waals surface area contributed by atoms with Crippen molar-refractivity contribution in [3.63, 3.8) is 0 Å². The van der Waals surface area contributed by atoms with Crippen LogP contribution in [0.25, 0.3) is 11.0 Å². The molecule has 0 fully saturated rings. The van der Waals surface area contributed by atoms with Crippen LogP contribution in [0.5, 0.6) is 0 Å². The minimum Gasteiger partial charge on any atom is -0.373 e. The maximum Gasteiger partial charge on any atom is 0.323 e. The highest BCUT2D eigenvalue weighted by molar-refractivity contribution is 5.75. The molecule has 0 aliphatic heterocycles. The Labute approximate surface area is 129 Å². The average molecular weight is 316 g/mol. The van der Waals surface area contributed by atoms with Crippen LogP contribution < -0.4 is 11.0 Å². The molecule has 2 aromatic carbocycles. The van der Waals surface area contributed by atoms with E-state index in [1.54, 1.807) is 18.2 Å². The summed E-state index contributed by atoms with van der Waals surface area (Å²) in [4.78, 5) is 27.0. The molecule has 1 heterocycles. The summed E-state index contributed by atoms with van der Waals surface area (Å²) in [5.41, 5.74) is 1.76. The lowest BCUT2D eigenvalue weighted by atomic mass is 10.1. The van der Waals surface area contributed by atoms with Crippen molar-refractivity contribution < 1.29 is 9.31 Å². The Morgan fingerprint density at radius 3 is 2.65 bits per heavy atom. The van der Waals surface area contributed by atoms with E-state index in [1.165, 1.54) is 6.07 Å². The second kappa shape index (κ2) is 5.56. The summed E-state index contributed by atoms with van der Waals surface area (Å²) in [6.07, 6.45) is 0. The number of aromatic nitrogens is 2. The molecule has 7 nitrogen and oxygen atoms in total. The van der Waals surface area contributed by atoms with Crippen molar-refractivity contribution in [3.05, 3.63) is 68.4 Å². The Hall–Kier alpha value is -3.16. The van der Waals surface area contributed by atoms with Crippen molar-refractivity contribution in [2.24, 2.45) is 0 Å². The largest absolute Gasteiger partial charge is 0.373 e. The van der Waals surface area contributed by atoms with Crippen molar-refractivity contribution in [3.8, 4) is 0 Å². The molecule has 3 N–H and O–H groups in total. The Bertz CT molecular complexity index is 947. The van der Waals surface area contributed by atoms with E-state index in [9.17, 15) is 19.3 Å². The number of nitro benzene ring substituents is 1. The second-order valence-electron chi connectivity index (χ2n) is 5.17. The molecule has 1 unspecified atom stereocenters. The van der Waals surface area contributed by atoms with Crippen molar-refractivity contribution in [2.75, 3.05) is 5.32 Å². The van der Waals surface area contributed by atoms with Gasteiger partial charge in [0.25, 0.3) is 5.69 Å². The lowest BCUT2D eigenvalue weighted by Crippen LogP contribution is -2.08. The number of halogens is 1. The molecule has 3 rings (SSSR count). The van der Waals surface area contributed by atoms with Gasteiger partial charge in [0, 0.05) is 6.04 Å². The van der Waals surface area contributed by atoms with Crippen LogP contribution in [0.15, 0.2) is 41.2 Å². The molecule has 1 aromatic heterocycles. The fourth-order valence-corrected chi connectivity index (χ4v) is 2.41. The first-order valence-electron chi connectivity index (χ1n) is 6.86. The molecular weight excluding hydrogens is 303 g/mol. The summed E-state index contributed by atoms with van der Waals surface area (Å²) in [7, 11) is 0. The van der Waals surface area contributed by atoms with Gasteiger partial charge >= 0.3 is 5.69 Å². The third-order valence-corrected chi connectivity index (χ3v) is 3.57. The minimum atomic E-state index is -0.666. The predicted octanol–water partition coefficient (Wildman–Crippen LogP) is 3.08. The number of H-pyrrole nitrogens is 2. The van der Waals surface area contributed by atoms with Gasteiger partial charge in [-0.25, -0.2) is 9.18 Å². The highest BCUT2D eigenvalue weighted by Crippen LogP contribution is 2.29. The molecule has 0 amide bonds. The van der Waals surface area contributed by atoms with Gasteiger partial charge < -0.3 is 15.3 Å². The van der Waals surface area contributed by atoms with Gasteiger partial charge in [0.15, 0.2) is 0 Å². The number of hydrogen-bond donors (Lipinski definition) is 3. The monoisotopic (exact) mass is 316 g/mol. The molecule has 3 aromatic rings. The normalized spacial score (nSPS) is 12.3. The fourth-order valence-electron chi connectivity index (χ4n) is 2.41. The van der Waals surface area contributed by atoms with Gasteiger partial charge in [-0.2, -0.15) is 0 Å². The first-order valence-corrected chi connectivity index (χ1v) is 6.86. The topological polar surface area (TPSA) is 104 Å². The van der Waals surface area contributed by atoms with E-state index in [2.05, 4.69) is 15.3 Å². The molecule has 0 saturated heterocycles. The van der Waals surface area contributed by atoms with Gasteiger partial charge in [0.05, 0.1) is 22.0 Å². The number of rotatable bonds is 4. The molecule has 0 aliphatic rings. The third kappa shape index (κ3) is 2.91. The van der Waals surface area contributed by atoms with Gasteiger partial charge in [0.2, 0.25) is 0 Å². The van der Waals surface area contributed by atoms with Crippen LogP contribution in [0.3, 0.4) is 0 Å². The third-order valence-electron chi connectivity index (χ3n) is 3.57. The van der Waals surface area contributed by atoms with Crippen LogP contribution in [0.2, 0.25) is 0 Å². The van der Waals surface area contributed by atoms with E-state index in [0.717, 1.165) is 17.7 Å². The summed E-state index contributed by atoms with van der Waals surface area (Å²) in [5, 5.41) is 14.0. The van der Waals surface area contributed by atoms with Gasteiger partial charge in [-0.15, -0.1) is 0 Å². The summed E-state index contributed by atoms with van der Waals surface area (Å²) in [6.45, 7) is 1.82. The average Bonchev–Trinajstić information content (AvgIpc) is 2.87. The predicted molar refractivity (Wildman–Crippen MR) is 84.0 cm³/mol. The van der Waals surface area contributed by atoms with Crippen LogP contribution in [-0.4, -0.2) is 14.9 Å². The Kier molecular flexibility index (Phi) is 3.57. The molecule has 8 heteroatoms. The molecular formula is C15H13FN4O3. The highest BCUT2D eigenvalue weighted by atomic mass is 19.1. The number of nitrogens with zero attached hydrogens (tertiary/aromatic N) is 1. The van der Waals surface area contributed by atoms with E-state index in [-0.39, 0.29) is 23.1 Å². The number of nitrogens with one attached hydrogen (secondary N) is 3. The number of nitro groups is 1. The molecule has 23 heavy (non-hydrogen) atoms. The van der Waals surface area contributed by atoms with Crippen LogP contribution in [0.1, 0.15) is 18.5 Å². The maximum absolute atomic E-state index is 13.2. The van der Waals surface area contributed by atoms with Crippen molar-refractivity contribution in [1.82, 2.24) is 9.97 Å². The number of hydrogen-bond acceptors (Lipinski definition) is 4. The van der Waals surface area contributed by atoms with Gasteiger partial charge in [-0.05, 0) is 36.8 Å². The Balaban J connectivity index is 1.92. The smallest absolute Gasteiger partial charge is 0.323 e. The first-order chi connectivity index (χ1) is 10.9. The van der Waals surface area contributed by atoms with E-state index in [1.807, 2.05) is 6.92 Å². The molecule has 0 spiro atoms. The molecule has 1 atom stereocenters. The zero-order valence-corrected chi connectivity index (χ0v) is 12.1. The Morgan fingerprint density at radius 2 is 1.91 bits per heavy atom. The molecule has 0 radical (unpaired) electrons. The molecule has 0 saturated carbocycles. The molecule has 0 aliphatic carbocycles. The SMILES string of the molecule is CC(Nc1ccc(F)cc1[N+](=O)[O-])c1ccc2[nH]c(=O)[nH]c2c1. The summed E-state index contributed by atoms with van der Waals surface area (Å²) in [5.74, 6) is -0.666. The number of imidazole rings is 1. The fraction of sp³-hybridized carbons (Fsp3) is 0.133. The summed E-state index contributed by atoms with van der Waals surface area (Å²) < 4.78 is 13.2. The van der Waals surface area contributed by atoms with Gasteiger partial charge in [0.1, 0.15) is 11.5 Å². The number of benzene rings is 2. The van der Waals surface area contributed by atoms with E-state index in [0.29, 0.717) is 11.0 Å². The van der Waals surface area contributed by atoms with Gasteiger partial charge in [-0.1, -0.05) is 6.07 Å². The zero-order chi connectivity index (χ0) is 16.6. The van der Waals surface area contributed by atoms with Crippen LogP contribution in [0.4, 0.5) is 15.8 Å². The number of aromatic amines is 2. The van der Waals surface area contributed by atoms with Crippen LogP contribution in [0, 0.1) is 15.9 Å². The van der Waals surface area contributed by atoms with E-state index >= 15 is 0 Å². The van der Waals surface area contributed by atoms with Crippen molar-refractivity contribution in [1.29, 1.82) is 0 Å². The lowest BCUT2D eigenvalue weighted by molar-refractivity contribution is -0.384.